The van der Waals surface area contributed by atoms with Crippen LogP contribution in [0.5, 0.6) is 5.75 Å². The Morgan fingerprint density at radius 2 is 1.96 bits per heavy atom. The lowest BCUT2D eigenvalue weighted by molar-refractivity contribution is -0.116. The monoisotopic (exact) mass is 369 g/mol. The van der Waals surface area contributed by atoms with E-state index in [0.717, 1.165) is 16.0 Å². The molecule has 3 aromatic rings. The molecule has 2 amide bonds. The first-order valence-electron chi connectivity index (χ1n) is 8.15. The minimum absolute atomic E-state index is 0.165. The number of benzene rings is 2. The van der Waals surface area contributed by atoms with Gasteiger partial charge in [-0.3, -0.25) is 9.59 Å². The van der Waals surface area contributed by atoms with Gasteiger partial charge in [0.15, 0.2) is 5.13 Å². The second kappa shape index (κ2) is 7.97. The Labute approximate surface area is 155 Å². The molecule has 1 heterocycles. The molecule has 3 rings (SSSR count). The SMILES string of the molecule is COc1ccc2nc(NC(=O)C[C@H](C)NC(=O)c3ccccc3)sc2c1. The number of fused-ring (bicyclic) bond motifs is 1. The molecular weight excluding hydrogens is 350 g/mol. The van der Waals surface area contributed by atoms with Gasteiger partial charge in [0.05, 0.1) is 17.3 Å². The van der Waals surface area contributed by atoms with Crippen LogP contribution in [0, 0.1) is 0 Å². The molecule has 1 atom stereocenters. The number of anilines is 1. The van der Waals surface area contributed by atoms with Crippen molar-refractivity contribution in [1.29, 1.82) is 0 Å². The Morgan fingerprint density at radius 3 is 2.69 bits per heavy atom. The maximum absolute atomic E-state index is 12.2. The zero-order valence-electron chi connectivity index (χ0n) is 14.5. The molecule has 134 valence electrons. The largest absolute Gasteiger partial charge is 0.497 e. The Balaban J connectivity index is 1.57. The first kappa shape index (κ1) is 17.9. The smallest absolute Gasteiger partial charge is 0.251 e. The summed E-state index contributed by atoms with van der Waals surface area (Å²) in [6, 6.07) is 14.2. The van der Waals surface area contributed by atoms with Gasteiger partial charge in [-0.2, -0.15) is 0 Å². The van der Waals surface area contributed by atoms with E-state index in [1.165, 1.54) is 11.3 Å². The van der Waals surface area contributed by atoms with Gasteiger partial charge in [-0.25, -0.2) is 4.98 Å². The Bertz CT molecular complexity index is 924. The summed E-state index contributed by atoms with van der Waals surface area (Å²) in [7, 11) is 1.61. The van der Waals surface area contributed by atoms with Gasteiger partial charge in [0.2, 0.25) is 5.91 Å². The molecule has 2 N–H and O–H groups in total. The molecule has 0 aliphatic heterocycles. The van der Waals surface area contributed by atoms with Gasteiger partial charge in [-0.1, -0.05) is 29.5 Å². The van der Waals surface area contributed by atoms with Crippen LogP contribution in [-0.4, -0.2) is 29.9 Å². The molecule has 0 radical (unpaired) electrons. The van der Waals surface area contributed by atoms with E-state index in [1.54, 1.807) is 38.3 Å². The zero-order valence-corrected chi connectivity index (χ0v) is 15.3. The molecule has 26 heavy (non-hydrogen) atoms. The van der Waals surface area contributed by atoms with Crippen molar-refractivity contribution in [3.63, 3.8) is 0 Å². The summed E-state index contributed by atoms with van der Waals surface area (Å²) in [5.41, 5.74) is 1.37. The summed E-state index contributed by atoms with van der Waals surface area (Å²) in [6.45, 7) is 1.80. The Morgan fingerprint density at radius 1 is 1.19 bits per heavy atom. The van der Waals surface area contributed by atoms with Gasteiger partial charge in [-0.05, 0) is 37.3 Å². The van der Waals surface area contributed by atoms with E-state index in [-0.39, 0.29) is 24.3 Å². The number of rotatable bonds is 6. The number of hydrogen-bond acceptors (Lipinski definition) is 5. The standard InChI is InChI=1S/C19H19N3O3S/c1-12(20-18(24)13-6-4-3-5-7-13)10-17(23)22-19-21-15-9-8-14(25-2)11-16(15)26-19/h3-9,11-12H,10H2,1-2H3,(H,20,24)(H,21,22,23)/t12-/m0/s1. The van der Waals surface area contributed by atoms with Crippen molar-refractivity contribution in [1.82, 2.24) is 10.3 Å². The van der Waals surface area contributed by atoms with Crippen molar-refractivity contribution in [3.05, 3.63) is 54.1 Å². The molecule has 0 unspecified atom stereocenters. The highest BCUT2D eigenvalue weighted by Gasteiger charge is 2.15. The van der Waals surface area contributed by atoms with Crippen molar-refractivity contribution in [2.45, 2.75) is 19.4 Å². The van der Waals surface area contributed by atoms with Gasteiger partial charge < -0.3 is 15.4 Å². The van der Waals surface area contributed by atoms with Crippen molar-refractivity contribution in [2.75, 3.05) is 12.4 Å². The van der Waals surface area contributed by atoms with E-state index in [1.807, 2.05) is 24.3 Å². The highest BCUT2D eigenvalue weighted by molar-refractivity contribution is 7.22. The van der Waals surface area contributed by atoms with Crippen LogP contribution in [0.3, 0.4) is 0 Å². The van der Waals surface area contributed by atoms with Crippen LogP contribution in [0.15, 0.2) is 48.5 Å². The molecule has 7 heteroatoms. The summed E-state index contributed by atoms with van der Waals surface area (Å²) < 4.78 is 6.13. The molecule has 2 aromatic carbocycles. The number of carbonyl (C=O) groups is 2. The number of hydrogen-bond donors (Lipinski definition) is 2. The molecule has 0 saturated heterocycles. The topological polar surface area (TPSA) is 80.3 Å². The average Bonchev–Trinajstić information content (AvgIpc) is 3.03. The predicted molar refractivity (Wildman–Crippen MR) is 103 cm³/mol. The third kappa shape index (κ3) is 4.37. The Kier molecular flexibility index (Phi) is 5.48. The van der Waals surface area contributed by atoms with E-state index in [0.29, 0.717) is 10.7 Å². The van der Waals surface area contributed by atoms with E-state index in [4.69, 9.17) is 4.74 Å². The minimum atomic E-state index is -0.294. The quantitative estimate of drug-likeness (QED) is 0.697. The van der Waals surface area contributed by atoms with Crippen LogP contribution in [-0.2, 0) is 4.79 Å². The molecule has 6 nitrogen and oxygen atoms in total. The van der Waals surface area contributed by atoms with Gasteiger partial charge in [-0.15, -0.1) is 0 Å². The van der Waals surface area contributed by atoms with E-state index in [9.17, 15) is 9.59 Å². The fourth-order valence-corrected chi connectivity index (χ4v) is 3.39. The zero-order chi connectivity index (χ0) is 18.5. The van der Waals surface area contributed by atoms with E-state index in [2.05, 4.69) is 15.6 Å². The number of ether oxygens (including phenoxy) is 1. The number of methoxy groups -OCH3 is 1. The number of aromatic nitrogens is 1. The van der Waals surface area contributed by atoms with Gasteiger partial charge >= 0.3 is 0 Å². The van der Waals surface area contributed by atoms with Crippen LogP contribution in [0.4, 0.5) is 5.13 Å². The molecule has 1 aromatic heterocycles. The van der Waals surface area contributed by atoms with Gasteiger partial charge in [0.1, 0.15) is 5.75 Å². The van der Waals surface area contributed by atoms with Crippen LogP contribution >= 0.6 is 11.3 Å². The summed E-state index contributed by atoms with van der Waals surface area (Å²) in [4.78, 5) is 28.7. The van der Waals surface area contributed by atoms with Crippen molar-refractivity contribution in [3.8, 4) is 5.75 Å². The van der Waals surface area contributed by atoms with Crippen LogP contribution in [0.2, 0.25) is 0 Å². The lowest BCUT2D eigenvalue weighted by atomic mass is 10.1. The second-order valence-electron chi connectivity index (χ2n) is 5.85. The third-order valence-electron chi connectivity index (χ3n) is 3.75. The maximum atomic E-state index is 12.2. The highest BCUT2D eigenvalue weighted by Crippen LogP contribution is 2.29. The number of amides is 2. The van der Waals surface area contributed by atoms with Crippen molar-refractivity contribution < 1.29 is 14.3 Å². The first-order chi connectivity index (χ1) is 12.5. The molecule has 0 saturated carbocycles. The van der Waals surface area contributed by atoms with Crippen molar-refractivity contribution in [2.24, 2.45) is 0 Å². The summed E-state index contributed by atoms with van der Waals surface area (Å²) >= 11 is 1.38. The molecule has 0 bridgehead atoms. The van der Waals surface area contributed by atoms with E-state index < -0.39 is 0 Å². The normalized spacial score (nSPS) is 11.8. The fraction of sp³-hybridized carbons (Fsp3) is 0.211. The number of nitrogens with one attached hydrogen (secondary N) is 2. The van der Waals surface area contributed by atoms with Crippen molar-refractivity contribution >= 4 is 38.5 Å². The molecule has 0 fully saturated rings. The minimum Gasteiger partial charge on any atom is -0.497 e. The summed E-state index contributed by atoms with van der Waals surface area (Å²) in [6.07, 6.45) is 0.165. The van der Waals surface area contributed by atoms with Gasteiger partial charge in [0.25, 0.3) is 5.91 Å². The van der Waals surface area contributed by atoms with Crippen LogP contribution in [0.25, 0.3) is 10.2 Å². The van der Waals surface area contributed by atoms with Crippen LogP contribution in [0.1, 0.15) is 23.7 Å². The fourth-order valence-electron chi connectivity index (χ4n) is 2.48. The second-order valence-corrected chi connectivity index (χ2v) is 6.88. The number of nitrogens with zero attached hydrogens (tertiary/aromatic N) is 1. The average molecular weight is 369 g/mol. The molecule has 0 spiro atoms. The lowest BCUT2D eigenvalue weighted by Crippen LogP contribution is -2.35. The molecule has 0 aliphatic rings. The lowest BCUT2D eigenvalue weighted by Gasteiger charge is -2.13. The predicted octanol–water partition coefficient (Wildman–Crippen LogP) is 3.45. The summed E-state index contributed by atoms with van der Waals surface area (Å²) in [5.74, 6) is 0.353. The third-order valence-corrected chi connectivity index (χ3v) is 4.68. The number of carbonyl (C=O) groups excluding carboxylic acids is 2. The summed E-state index contributed by atoms with van der Waals surface area (Å²) in [5, 5.41) is 6.14. The van der Waals surface area contributed by atoms with E-state index >= 15 is 0 Å². The molecule has 0 aliphatic carbocycles. The Hall–Kier alpha value is -2.93. The van der Waals surface area contributed by atoms with Crippen LogP contribution < -0.4 is 15.4 Å². The number of thiazole rings is 1. The first-order valence-corrected chi connectivity index (χ1v) is 8.97. The molecular formula is C19H19N3O3S. The van der Waals surface area contributed by atoms with Gasteiger partial charge in [0, 0.05) is 18.0 Å². The highest BCUT2D eigenvalue weighted by atomic mass is 32.1. The maximum Gasteiger partial charge on any atom is 0.251 e.